The van der Waals surface area contributed by atoms with Crippen LogP contribution in [-0.2, 0) is 0 Å². The van der Waals surface area contributed by atoms with E-state index in [0.717, 1.165) is 0 Å². The third kappa shape index (κ3) is 1.58. The van der Waals surface area contributed by atoms with Crippen LogP contribution in [-0.4, -0.2) is 11.1 Å². The highest BCUT2D eigenvalue weighted by molar-refractivity contribution is 6.33. The lowest BCUT2D eigenvalue weighted by Gasteiger charge is -2.07. The zero-order chi connectivity index (χ0) is 10.2. The van der Waals surface area contributed by atoms with Crippen LogP contribution < -0.4 is 4.73 Å². The van der Waals surface area contributed by atoms with Gasteiger partial charge in [0.2, 0.25) is 5.69 Å². The zero-order valence-electron chi connectivity index (χ0n) is 7.17. The number of carboxylic acids is 1. The molecule has 5 heteroatoms. The highest BCUT2D eigenvalue weighted by Crippen LogP contribution is 2.17. The quantitative estimate of drug-likeness (QED) is 0.550. The Hall–Kier alpha value is -1.29. The molecule has 0 aromatic carbocycles. The van der Waals surface area contributed by atoms with E-state index in [-0.39, 0.29) is 16.3 Å². The molecule has 0 radical (unpaired) electrons. The standard InChI is InChI=1S/C8H8ClNO3/c1-4-3-6(9)7(8(11)12)5(2)10(4)13/h3H,1-2H3,(H,11,12). The highest BCUT2D eigenvalue weighted by Gasteiger charge is 2.20. The Kier molecular flexibility index (Phi) is 2.43. The molecule has 0 aliphatic heterocycles. The first-order valence-electron chi connectivity index (χ1n) is 3.57. The monoisotopic (exact) mass is 201 g/mol. The first-order chi connectivity index (χ1) is 5.95. The fraction of sp³-hybridized carbons (Fsp3) is 0.250. The third-order valence-corrected chi connectivity index (χ3v) is 2.07. The van der Waals surface area contributed by atoms with E-state index in [9.17, 15) is 10.0 Å². The first-order valence-corrected chi connectivity index (χ1v) is 3.95. The Morgan fingerprint density at radius 1 is 1.62 bits per heavy atom. The number of carbonyl (C=O) groups is 1. The summed E-state index contributed by atoms with van der Waals surface area (Å²) in [4.78, 5) is 10.7. The van der Waals surface area contributed by atoms with Crippen molar-refractivity contribution in [1.29, 1.82) is 0 Å². The van der Waals surface area contributed by atoms with Gasteiger partial charge in [-0.2, -0.15) is 4.73 Å². The predicted octanol–water partition coefficient (Wildman–Crippen LogP) is 1.29. The molecule has 0 spiro atoms. The Labute approximate surface area is 80.0 Å². The summed E-state index contributed by atoms with van der Waals surface area (Å²) < 4.78 is 0.551. The average Bonchev–Trinajstić information content (AvgIpc) is 1.99. The van der Waals surface area contributed by atoms with Crippen LogP contribution in [0.1, 0.15) is 21.7 Å². The van der Waals surface area contributed by atoms with Crippen molar-refractivity contribution in [1.82, 2.24) is 0 Å². The van der Waals surface area contributed by atoms with Crippen molar-refractivity contribution < 1.29 is 14.6 Å². The van der Waals surface area contributed by atoms with Crippen LogP contribution in [0.2, 0.25) is 5.02 Å². The lowest BCUT2D eigenvalue weighted by Crippen LogP contribution is -2.35. The molecule has 0 bridgehead atoms. The highest BCUT2D eigenvalue weighted by atomic mass is 35.5. The second-order valence-electron chi connectivity index (χ2n) is 2.69. The lowest BCUT2D eigenvalue weighted by atomic mass is 10.2. The summed E-state index contributed by atoms with van der Waals surface area (Å²) in [6, 6.07) is 1.34. The van der Waals surface area contributed by atoms with E-state index in [0.29, 0.717) is 10.4 Å². The molecule has 0 amide bonds. The van der Waals surface area contributed by atoms with Crippen LogP contribution in [0.25, 0.3) is 0 Å². The molecule has 13 heavy (non-hydrogen) atoms. The van der Waals surface area contributed by atoms with E-state index in [1.807, 2.05) is 0 Å². The van der Waals surface area contributed by atoms with Crippen LogP contribution in [0.15, 0.2) is 6.07 Å². The van der Waals surface area contributed by atoms with E-state index in [4.69, 9.17) is 16.7 Å². The van der Waals surface area contributed by atoms with Crippen LogP contribution in [0.5, 0.6) is 0 Å². The van der Waals surface area contributed by atoms with Gasteiger partial charge in [-0.3, -0.25) is 0 Å². The normalized spacial score (nSPS) is 10.1. The lowest BCUT2D eigenvalue weighted by molar-refractivity contribution is -0.619. The van der Waals surface area contributed by atoms with E-state index >= 15 is 0 Å². The van der Waals surface area contributed by atoms with Crippen LogP contribution in [0.3, 0.4) is 0 Å². The van der Waals surface area contributed by atoms with Gasteiger partial charge in [0.05, 0.1) is 5.02 Å². The Bertz CT molecular complexity index is 376. The summed E-state index contributed by atoms with van der Waals surface area (Å²) in [5.74, 6) is -1.19. The number of hydrogen-bond donors (Lipinski definition) is 1. The molecular weight excluding hydrogens is 194 g/mol. The molecule has 0 saturated heterocycles. The molecule has 4 nitrogen and oxygen atoms in total. The molecule has 0 aliphatic carbocycles. The molecule has 1 aromatic heterocycles. The summed E-state index contributed by atoms with van der Waals surface area (Å²) in [6.45, 7) is 2.99. The van der Waals surface area contributed by atoms with Gasteiger partial charge in [-0.25, -0.2) is 4.79 Å². The molecule has 0 fully saturated rings. The number of nitrogens with zero attached hydrogens (tertiary/aromatic N) is 1. The summed E-state index contributed by atoms with van der Waals surface area (Å²) >= 11 is 5.67. The maximum atomic E-state index is 11.2. The van der Waals surface area contributed by atoms with Gasteiger partial charge >= 0.3 is 5.97 Å². The van der Waals surface area contributed by atoms with E-state index in [1.54, 1.807) is 6.92 Å². The van der Waals surface area contributed by atoms with Gasteiger partial charge in [0.25, 0.3) is 0 Å². The Morgan fingerprint density at radius 3 is 2.62 bits per heavy atom. The van der Waals surface area contributed by atoms with Gasteiger partial charge in [-0.05, 0) is 0 Å². The maximum Gasteiger partial charge on any atom is 0.343 e. The van der Waals surface area contributed by atoms with Gasteiger partial charge in [-0.1, -0.05) is 11.6 Å². The molecule has 0 unspecified atom stereocenters. The van der Waals surface area contributed by atoms with Gasteiger partial charge in [-0.15, -0.1) is 0 Å². The molecule has 70 valence electrons. The average molecular weight is 202 g/mol. The Balaban J connectivity index is 3.53. The summed E-state index contributed by atoms with van der Waals surface area (Å²) in [5, 5.41) is 20.1. The molecule has 1 N–H and O–H groups in total. The number of aromatic carboxylic acids is 1. The second-order valence-corrected chi connectivity index (χ2v) is 3.10. The maximum absolute atomic E-state index is 11.2. The SMILES string of the molecule is Cc1cc(Cl)c(C(=O)O)c(C)[n+]1[O-]. The van der Waals surface area contributed by atoms with Crippen molar-refractivity contribution in [3.63, 3.8) is 0 Å². The van der Waals surface area contributed by atoms with Crippen LogP contribution in [0.4, 0.5) is 0 Å². The molecule has 0 atom stereocenters. The minimum atomic E-state index is -1.19. The minimum Gasteiger partial charge on any atom is -0.618 e. The van der Waals surface area contributed by atoms with Gasteiger partial charge in [0.15, 0.2) is 5.69 Å². The fourth-order valence-corrected chi connectivity index (χ4v) is 1.49. The van der Waals surface area contributed by atoms with Crippen LogP contribution >= 0.6 is 11.6 Å². The second kappa shape index (κ2) is 3.22. The smallest absolute Gasteiger partial charge is 0.343 e. The number of carboxylic acid groups (broad SMARTS) is 1. The van der Waals surface area contributed by atoms with Crippen molar-refractivity contribution >= 4 is 17.6 Å². The number of hydrogen-bond acceptors (Lipinski definition) is 2. The zero-order valence-corrected chi connectivity index (χ0v) is 7.92. The molecular formula is C8H8ClNO3. The number of halogens is 1. The van der Waals surface area contributed by atoms with E-state index < -0.39 is 5.97 Å². The fourth-order valence-electron chi connectivity index (χ4n) is 1.11. The Morgan fingerprint density at radius 2 is 2.15 bits per heavy atom. The molecule has 0 aliphatic rings. The summed E-state index contributed by atoms with van der Waals surface area (Å²) in [6.07, 6.45) is 0. The minimum absolute atomic E-state index is 0.0922. The topological polar surface area (TPSA) is 64.2 Å². The van der Waals surface area contributed by atoms with Gasteiger partial charge in [0, 0.05) is 19.9 Å². The molecule has 0 saturated carbocycles. The molecule has 1 heterocycles. The van der Waals surface area contributed by atoms with Crippen molar-refractivity contribution in [2.75, 3.05) is 0 Å². The van der Waals surface area contributed by atoms with Crippen molar-refractivity contribution in [2.45, 2.75) is 13.8 Å². The van der Waals surface area contributed by atoms with Crippen molar-refractivity contribution in [2.24, 2.45) is 0 Å². The number of aromatic nitrogens is 1. The summed E-state index contributed by atoms with van der Waals surface area (Å²) in [5.41, 5.74) is 0.354. The van der Waals surface area contributed by atoms with Crippen molar-refractivity contribution in [3.8, 4) is 0 Å². The van der Waals surface area contributed by atoms with Crippen LogP contribution in [0, 0.1) is 19.1 Å². The number of aryl methyl sites for hydroxylation is 1. The van der Waals surface area contributed by atoms with E-state index in [2.05, 4.69) is 0 Å². The number of rotatable bonds is 1. The molecule has 1 aromatic rings. The van der Waals surface area contributed by atoms with Gasteiger partial charge < -0.3 is 10.3 Å². The summed E-state index contributed by atoms with van der Waals surface area (Å²) in [7, 11) is 0. The molecule has 1 rings (SSSR count). The van der Waals surface area contributed by atoms with Gasteiger partial charge in [0.1, 0.15) is 5.56 Å². The number of pyridine rings is 1. The first kappa shape index (κ1) is 9.80. The van der Waals surface area contributed by atoms with E-state index in [1.165, 1.54) is 13.0 Å². The largest absolute Gasteiger partial charge is 0.618 e. The van der Waals surface area contributed by atoms with Crippen molar-refractivity contribution in [3.05, 3.63) is 33.2 Å². The predicted molar refractivity (Wildman–Crippen MR) is 46.8 cm³/mol. The third-order valence-electron chi connectivity index (χ3n) is 1.78.